The van der Waals surface area contributed by atoms with E-state index in [2.05, 4.69) is 0 Å². The van der Waals surface area contributed by atoms with Crippen LogP contribution in [0.25, 0.3) is 0 Å². The molecule has 1 aromatic rings. The van der Waals surface area contributed by atoms with Crippen molar-refractivity contribution < 1.29 is 9.13 Å². The van der Waals surface area contributed by atoms with Crippen LogP contribution in [0, 0.1) is 12.7 Å². The largest absolute Gasteiger partial charge is 0.374 e. The highest BCUT2D eigenvalue weighted by Crippen LogP contribution is 2.19. The lowest BCUT2D eigenvalue weighted by atomic mass is 10.0. The van der Waals surface area contributed by atoms with Crippen molar-refractivity contribution in [3.63, 3.8) is 0 Å². The van der Waals surface area contributed by atoms with Crippen LogP contribution >= 0.6 is 0 Å². The molecule has 0 saturated carbocycles. The number of benzene rings is 1. The number of hydrogen-bond acceptors (Lipinski definition) is 2. The van der Waals surface area contributed by atoms with Crippen LogP contribution in [-0.2, 0) is 4.74 Å². The molecule has 0 saturated heterocycles. The maximum atomic E-state index is 12.9. The van der Waals surface area contributed by atoms with Gasteiger partial charge >= 0.3 is 0 Å². The Balaban J connectivity index is 2.70. The van der Waals surface area contributed by atoms with Gasteiger partial charge in [-0.1, -0.05) is 6.07 Å². The Morgan fingerprint density at radius 1 is 1.38 bits per heavy atom. The Morgan fingerprint density at radius 2 is 2.00 bits per heavy atom. The first-order valence-corrected chi connectivity index (χ1v) is 5.45. The molecule has 2 nitrogen and oxygen atoms in total. The first-order chi connectivity index (χ1) is 7.29. The van der Waals surface area contributed by atoms with Crippen LogP contribution in [0.4, 0.5) is 4.39 Å². The van der Waals surface area contributed by atoms with E-state index in [1.54, 1.807) is 6.07 Å². The van der Waals surface area contributed by atoms with Crippen LogP contribution in [0.2, 0.25) is 0 Å². The average molecular weight is 225 g/mol. The summed E-state index contributed by atoms with van der Waals surface area (Å²) >= 11 is 0. The summed E-state index contributed by atoms with van der Waals surface area (Å²) in [4.78, 5) is 0. The number of rotatable bonds is 3. The molecule has 0 fully saturated rings. The first-order valence-electron chi connectivity index (χ1n) is 5.45. The summed E-state index contributed by atoms with van der Waals surface area (Å²) in [6.07, 6.45) is 0. The molecule has 1 atom stereocenters. The summed E-state index contributed by atoms with van der Waals surface area (Å²) < 4.78 is 18.5. The van der Waals surface area contributed by atoms with E-state index in [1.807, 2.05) is 27.7 Å². The highest BCUT2D eigenvalue weighted by Gasteiger charge is 2.15. The van der Waals surface area contributed by atoms with E-state index in [4.69, 9.17) is 10.5 Å². The van der Waals surface area contributed by atoms with Crippen molar-refractivity contribution in [1.82, 2.24) is 0 Å². The van der Waals surface area contributed by atoms with Gasteiger partial charge in [-0.25, -0.2) is 4.39 Å². The van der Waals surface area contributed by atoms with Crippen LogP contribution in [0.15, 0.2) is 18.2 Å². The topological polar surface area (TPSA) is 35.2 Å². The van der Waals surface area contributed by atoms with E-state index in [0.717, 1.165) is 11.1 Å². The Morgan fingerprint density at radius 3 is 2.50 bits per heavy atom. The van der Waals surface area contributed by atoms with Crippen molar-refractivity contribution in [1.29, 1.82) is 0 Å². The molecular weight excluding hydrogens is 205 g/mol. The van der Waals surface area contributed by atoms with Crippen molar-refractivity contribution >= 4 is 0 Å². The molecule has 3 heteroatoms. The third kappa shape index (κ3) is 3.91. The molecule has 1 aromatic carbocycles. The second-order valence-corrected chi connectivity index (χ2v) is 5.03. The molecule has 16 heavy (non-hydrogen) atoms. The third-order valence-corrected chi connectivity index (χ3v) is 2.33. The normalized spacial score (nSPS) is 13.9. The van der Waals surface area contributed by atoms with Crippen molar-refractivity contribution in [2.45, 2.75) is 39.3 Å². The Kier molecular flexibility index (Phi) is 4.05. The molecule has 0 aliphatic rings. The van der Waals surface area contributed by atoms with Crippen LogP contribution in [0.5, 0.6) is 0 Å². The number of halogens is 1. The fourth-order valence-electron chi connectivity index (χ4n) is 1.48. The quantitative estimate of drug-likeness (QED) is 0.858. The standard InChI is InChI=1S/C13H20FNO/c1-9-7-10(14)5-6-11(9)12(15)8-16-13(2,3)4/h5-7,12H,8,15H2,1-4H3. The van der Waals surface area contributed by atoms with E-state index in [-0.39, 0.29) is 17.5 Å². The second-order valence-electron chi connectivity index (χ2n) is 5.03. The molecule has 1 rings (SSSR count). The van der Waals surface area contributed by atoms with Crippen molar-refractivity contribution in [3.05, 3.63) is 35.1 Å². The highest BCUT2D eigenvalue weighted by molar-refractivity contribution is 5.29. The van der Waals surface area contributed by atoms with Gasteiger partial charge in [0.15, 0.2) is 0 Å². The molecule has 0 amide bonds. The van der Waals surface area contributed by atoms with Gasteiger partial charge in [0.1, 0.15) is 5.82 Å². The number of hydrogen-bond donors (Lipinski definition) is 1. The van der Waals surface area contributed by atoms with Gasteiger partial charge in [0.2, 0.25) is 0 Å². The SMILES string of the molecule is Cc1cc(F)ccc1C(N)COC(C)(C)C. The predicted octanol–water partition coefficient (Wildman–Crippen LogP) is 2.95. The monoisotopic (exact) mass is 225 g/mol. The molecule has 0 heterocycles. The maximum Gasteiger partial charge on any atom is 0.123 e. The molecule has 0 bridgehead atoms. The van der Waals surface area contributed by atoms with E-state index < -0.39 is 0 Å². The molecule has 0 spiro atoms. The minimum atomic E-state index is -0.231. The smallest absolute Gasteiger partial charge is 0.123 e. The zero-order valence-corrected chi connectivity index (χ0v) is 10.4. The fraction of sp³-hybridized carbons (Fsp3) is 0.538. The summed E-state index contributed by atoms with van der Waals surface area (Å²) in [6.45, 7) is 8.25. The van der Waals surface area contributed by atoms with E-state index >= 15 is 0 Å². The minimum absolute atomic E-state index is 0.203. The Labute approximate surface area is 96.6 Å². The molecule has 1 unspecified atom stereocenters. The van der Waals surface area contributed by atoms with Crippen LogP contribution in [-0.4, -0.2) is 12.2 Å². The number of ether oxygens (including phenoxy) is 1. The summed E-state index contributed by atoms with van der Waals surface area (Å²) in [5.74, 6) is -0.231. The van der Waals surface area contributed by atoms with Crippen molar-refractivity contribution in [3.8, 4) is 0 Å². The lowest BCUT2D eigenvalue weighted by Gasteiger charge is -2.23. The fourth-order valence-corrected chi connectivity index (χ4v) is 1.48. The van der Waals surface area contributed by atoms with Crippen LogP contribution in [0.1, 0.15) is 37.9 Å². The van der Waals surface area contributed by atoms with Gasteiger partial charge in [-0.2, -0.15) is 0 Å². The molecular formula is C13H20FNO. The minimum Gasteiger partial charge on any atom is -0.374 e. The summed E-state index contributed by atoms with van der Waals surface area (Å²) in [5.41, 5.74) is 7.60. The molecule has 0 aromatic heterocycles. The molecule has 0 aliphatic heterocycles. The zero-order chi connectivity index (χ0) is 12.3. The summed E-state index contributed by atoms with van der Waals surface area (Å²) in [5, 5.41) is 0. The Bertz CT molecular complexity index is 357. The number of nitrogens with two attached hydrogens (primary N) is 1. The van der Waals surface area contributed by atoms with Gasteiger partial charge in [-0.05, 0) is 51.0 Å². The lowest BCUT2D eigenvalue weighted by Crippen LogP contribution is -2.26. The maximum absolute atomic E-state index is 12.9. The van der Waals surface area contributed by atoms with Crippen LogP contribution in [0.3, 0.4) is 0 Å². The number of aryl methyl sites for hydroxylation is 1. The van der Waals surface area contributed by atoms with Gasteiger partial charge in [0.05, 0.1) is 18.2 Å². The van der Waals surface area contributed by atoms with Gasteiger partial charge in [-0.3, -0.25) is 0 Å². The summed E-state index contributed by atoms with van der Waals surface area (Å²) in [7, 11) is 0. The third-order valence-electron chi connectivity index (χ3n) is 2.33. The van der Waals surface area contributed by atoms with Crippen LogP contribution < -0.4 is 5.73 Å². The van der Waals surface area contributed by atoms with Gasteiger partial charge in [0, 0.05) is 0 Å². The lowest BCUT2D eigenvalue weighted by molar-refractivity contribution is -0.0103. The molecule has 90 valence electrons. The molecule has 2 N–H and O–H groups in total. The summed E-state index contributed by atoms with van der Waals surface area (Å²) in [6, 6.07) is 4.44. The zero-order valence-electron chi connectivity index (χ0n) is 10.4. The predicted molar refractivity (Wildman–Crippen MR) is 63.8 cm³/mol. The Hall–Kier alpha value is -0.930. The first kappa shape index (κ1) is 13.1. The second kappa shape index (κ2) is 4.93. The highest BCUT2D eigenvalue weighted by atomic mass is 19.1. The van der Waals surface area contributed by atoms with E-state index in [9.17, 15) is 4.39 Å². The van der Waals surface area contributed by atoms with E-state index in [1.165, 1.54) is 12.1 Å². The van der Waals surface area contributed by atoms with Gasteiger partial charge in [-0.15, -0.1) is 0 Å². The van der Waals surface area contributed by atoms with Gasteiger partial charge in [0.25, 0.3) is 0 Å². The van der Waals surface area contributed by atoms with Crippen molar-refractivity contribution in [2.24, 2.45) is 5.73 Å². The molecule has 0 radical (unpaired) electrons. The molecule has 0 aliphatic carbocycles. The average Bonchev–Trinajstić information content (AvgIpc) is 2.13. The van der Waals surface area contributed by atoms with E-state index in [0.29, 0.717) is 6.61 Å². The van der Waals surface area contributed by atoms with Gasteiger partial charge < -0.3 is 10.5 Å². The van der Waals surface area contributed by atoms with Crippen molar-refractivity contribution in [2.75, 3.05) is 6.61 Å².